The van der Waals surface area contributed by atoms with Gasteiger partial charge in [-0.2, -0.15) is 0 Å². The minimum absolute atomic E-state index is 0.0552. The maximum atomic E-state index is 12.6. The SMILES string of the molecule is CC[C@@H](OC(=O)C(C)C=O)[C@@]1(C)OC(=O)NC1CC(C)/C(=C/CNC(=O)OC1=CCCC=C1)[C@H](C)C[C@](C)(CC(C)C)OC. The third-order valence-electron chi connectivity index (χ3n) is 8.69. The van der Waals surface area contributed by atoms with E-state index in [-0.39, 0.29) is 24.0 Å². The van der Waals surface area contributed by atoms with Crippen LogP contribution in [0.1, 0.15) is 93.9 Å². The lowest BCUT2D eigenvalue weighted by Gasteiger charge is -2.38. The molecule has 0 saturated carbocycles. The number of hydrogen-bond acceptors (Lipinski definition) is 8. The van der Waals surface area contributed by atoms with Crippen molar-refractivity contribution in [3.05, 3.63) is 35.6 Å². The number of allylic oxidation sites excluding steroid dienone is 4. The highest BCUT2D eigenvalue weighted by Gasteiger charge is 2.52. The van der Waals surface area contributed by atoms with E-state index in [1.165, 1.54) is 6.92 Å². The lowest BCUT2D eigenvalue weighted by molar-refractivity contribution is -0.167. The number of amides is 2. The molecule has 44 heavy (non-hydrogen) atoms. The molecule has 1 aliphatic carbocycles. The van der Waals surface area contributed by atoms with Crippen molar-refractivity contribution < 1.29 is 38.1 Å². The Bertz CT molecular complexity index is 1100. The number of cyclic esters (lactones) is 1. The van der Waals surface area contributed by atoms with Gasteiger partial charge in [0, 0.05) is 13.7 Å². The van der Waals surface area contributed by atoms with Gasteiger partial charge in [-0.1, -0.05) is 52.3 Å². The molecular formula is C34H54N2O8. The molecule has 0 radical (unpaired) electrons. The number of ether oxygens (including phenoxy) is 4. The van der Waals surface area contributed by atoms with E-state index in [2.05, 4.69) is 45.3 Å². The first-order valence-electron chi connectivity index (χ1n) is 15.9. The summed E-state index contributed by atoms with van der Waals surface area (Å²) in [5, 5.41) is 5.77. The predicted octanol–water partition coefficient (Wildman–Crippen LogP) is 6.40. The van der Waals surface area contributed by atoms with Gasteiger partial charge in [-0.05, 0) is 89.2 Å². The molecule has 1 saturated heterocycles. The second-order valence-electron chi connectivity index (χ2n) is 13.1. The summed E-state index contributed by atoms with van der Waals surface area (Å²) in [6, 6.07) is -0.475. The Morgan fingerprint density at radius 2 is 1.89 bits per heavy atom. The molecule has 0 bridgehead atoms. The summed E-state index contributed by atoms with van der Waals surface area (Å²) in [5.74, 6) is -0.573. The third-order valence-corrected chi connectivity index (χ3v) is 8.69. The van der Waals surface area contributed by atoms with Crippen LogP contribution >= 0.6 is 0 Å². The molecule has 0 aromatic heterocycles. The molecule has 2 aliphatic rings. The van der Waals surface area contributed by atoms with Crippen LogP contribution in [0.15, 0.2) is 35.6 Å². The molecular weight excluding hydrogens is 564 g/mol. The number of alkyl carbamates (subject to hydrolysis) is 2. The van der Waals surface area contributed by atoms with E-state index in [9.17, 15) is 19.2 Å². The number of rotatable bonds is 17. The topological polar surface area (TPSA) is 129 Å². The summed E-state index contributed by atoms with van der Waals surface area (Å²) in [4.78, 5) is 48.7. The third kappa shape index (κ3) is 10.5. The van der Waals surface area contributed by atoms with E-state index >= 15 is 0 Å². The zero-order valence-electron chi connectivity index (χ0n) is 28.1. The lowest BCUT2D eigenvalue weighted by atomic mass is 9.76. The molecule has 10 heteroatoms. The summed E-state index contributed by atoms with van der Waals surface area (Å²) >= 11 is 0. The number of carbonyl (C=O) groups is 4. The fraction of sp³-hybridized carbons (Fsp3) is 0.706. The van der Waals surface area contributed by atoms with E-state index in [4.69, 9.17) is 18.9 Å². The zero-order valence-corrected chi connectivity index (χ0v) is 28.1. The number of hydrogen-bond donors (Lipinski definition) is 2. The Labute approximate surface area is 263 Å². The summed E-state index contributed by atoms with van der Waals surface area (Å²) < 4.78 is 22.9. The van der Waals surface area contributed by atoms with Crippen molar-refractivity contribution >= 4 is 24.4 Å². The first-order valence-corrected chi connectivity index (χ1v) is 15.9. The van der Waals surface area contributed by atoms with E-state index in [1.54, 1.807) is 20.1 Å². The molecule has 2 N–H and O–H groups in total. The van der Waals surface area contributed by atoms with Gasteiger partial charge in [0.1, 0.15) is 24.1 Å². The summed E-state index contributed by atoms with van der Waals surface area (Å²) in [6.07, 6.45) is 10.6. The number of carbonyl (C=O) groups excluding carboxylic acids is 4. The molecule has 2 rings (SSSR count). The predicted molar refractivity (Wildman–Crippen MR) is 169 cm³/mol. The van der Waals surface area contributed by atoms with E-state index in [0.29, 0.717) is 30.8 Å². The second kappa shape index (κ2) is 16.8. The normalized spacial score (nSPS) is 24.2. The molecule has 1 heterocycles. The minimum atomic E-state index is -1.14. The number of nitrogens with one attached hydrogen (secondary N) is 2. The number of esters is 1. The van der Waals surface area contributed by atoms with E-state index in [1.807, 2.05) is 25.2 Å². The van der Waals surface area contributed by atoms with Gasteiger partial charge in [0.25, 0.3) is 0 Å². The molecule has 2 amide bonds. The Morgan fingerprint density at radius 3 is 2.45 bits per heavy atom. The van der Waals surface area contributed by atoms with E-state index < -0.39 is 41.8 Å². The number of aldehydes is 1. The largest absolute Gasteiger partial charge is 0.458 e. The fourth-order valence-electron chi connectivity index (χ4n) is 6.39. The molecule has 0 aromatic carbocycles. The fourth-order valence-corrected chi connectivity index (χ4v) is 6.39. The van der Waals surface area contributed by atoms with Gasteiger partial charge >= 0.3 is 18.2 Å². The second-order valence-corrected chi connectivity index (χ2v) is 13.1. The Morgan fingerprint density at radius 1 is 1.18 bits per heavy atom. The van der Waals surface area contributed by atoms with Crippen molar-refractivity contribution in [3.63, 3.8) is 0 Å². The molecule has 1 fully saturated rings. The maximum Gasteiger partial charge on any atom is 0.412 e. The van der Waals surface area contributed by atoms with Gasteiger partial charge in [0.15, 0.2) is 5.60 Å². The van der Waals surface area contributed by atoms with Crippen LogP contribution in [-0.2, 0) is 28.5 Å². The smallest absolute Gasteiger partial charge is 0.412 e. The van der Waals surface area contributed by atoms with Gasteiger partial charge in [-0.15, -0.1) is 0 Å². The number of methoxy groups -OCH3 is 1. The molecule has 3 unspecified atom stereocenters. The highest BCUT2D eigenvalue weighted by molar-refractivity contribution is 5.87. The molecule has 0 aromatic rings. The van der Waals surface area contributed by atoms with Crippen molar-refractivity contribution in [2.24, 2.45) is 23.7 Å². The van der Waals surface area contributed by atoms with Crippen LogP contribution in [0.4, 0.5) is 9.59 Å². The first kappa shape index (κ1) is 37.0. The van der Waals surface area contributed by atoms with Gasteiger partial charge in [-0.3, -0.25) is 4.79 Å². The maximum absolute atomic E-state index is 12.6. The summed E-state index contributed by atoms with van der Waals surface area (Å²) in [7, 11) is 1.74. The van der Waals surface area contributed by atoms with Crippen molar-refractivity contribution in [2.75, 3.05) is 13.7 Å². The van der Waals surface area contributed by atoms with Crippen LogP contribution in [0.3, 0.4) is 0 Å². The van der Waals surface area contributed by atoms with E-state index in [0.717, 1.165) is 31.3 Å². The van der Waals surface area contributed by atoms with Gasteiger partial charge < -0.3 is 34.4 Å². The minimum Gasteiger partial charge on any atom is -0.458 e. The highest BCUT2D eigenvalue weighted by Crippen LogP contribution is 2.38. The van der Waals surface area contributed by atoms with Crippen molar-refractivity contribution in [1.82, 2.24) is 10.6 Å². The van der Waals surface area contributed by atoms with Crippen LogP contribution in [0, 0.1) is 23.7 Å². The Balaban J connectivity index is 2.30. The molecule has 10 nitrogen and oxygen atoms in total. The molecule has 1 aliphatic heterocycles. The van der Waals surface area contributed by atoms with Crippen molar-refractivity contribution in [3.8, 4) is 0 Å². The van der Waals surface area contributed by atoms with Gasteiger partial charge in [-0.25, -0.2) is 9.59 Å². The van der Waals surface area contributed by atoms with Crippen molar-refractivity contribution in [2.45, 2.75) is 117 Å². The summed E-state index contributed by atoms with van der Waals surface area (Å²) in [5.41, 5.74) is -0.402. The highest BCUT2D eigenvalue weighted by atomic mass is 16.6. The van der Waals surface area contributed by atoms with Gasteiger partial charge in [0.2, 0.25) is 0 Å². The Kier molecular flexibility index (Phi) is 14.1. The first-order chi connectivity index (χ1) is 20.7. The summed E-state index contributed by atoms with van der Waals surface area (Å²) in [6.45, 7) is 16.0. The molecule has 0 spiro atoms. The van der Waals surface area contributed by atoms with Crippen molar-refractivity contribution in [1.29, 1.82) is 0 Å². The van der Waals surface area contributed by atoms with Gasteiger partial charge in [0.05, 0.1) is 11.6 Å². The lowest BCUT2D eigenvalue weighted by Crippen LogP contribution is -2.52. The monoisotopic (exact) mass is 618 g/mol. The average molecular weight is 619 g/mol. The standard InChI is InChI=1S/C34H54N2O8/c1-10-29(43-30(38)25(6)21-37)34(8)28(36-32(40)44-34)18-23(4)27(24(5)20-33(7,41-9)19-22(2)3)16-17-35-31(39)42-26-14-12-11-13-15-26/h12,14-16,21-25,28-29H,10-11,13,17-20H2,1-9H3,(H,35,39)(H,36,40)/b27-16-/t23?,24-,25?,28?,29-,33+,34+/m1/s1. The molecule has 248 valence electrons. The Hall–Kier alpha value is -3.14. The van der Waals surface area contributed by atoms with Crippen LogP contribution in [-0.4, -0.2) is 61.4 Å². The van der Waals surface area contributed by atoms with Crippen LogP contribution in [0.25, 0.3) is 0 Å². The van der Waals surface area contributed by atoms with Crippen LogP contribution in [0.5, 0.6) is 0 Å². The van der Waals surface area contributed by atoms with Crippen LogP contribution < -0.4 is 10.6 Å². The molecule has 7 atom stereocenters. The quantitative estimate of drug-likeness (QED) is 0.0630. The zero-order chi connectivity index (χ0) is 33.1. The van der Waals surface area contributed by atoms with Crippen LogP contribution in [0.2, 0.25) is 0 Å². The average Bonchev–Trinajstić information content (AvgIpc) is 3.25.